The molecule has 1 aromatic carbocycles. The molecule has 0 saturated heterocycles. The minimum Gasteiger partial charge on any atom is -0.0677 e. The Kier molecular flexibility index (Phi) is 4.15. The fourth-order valence-corrected chi connectivity index (χ4v) is 3.33. The van der Waals surface area contributed by atoms with Crippen LogP contribution < -0.4 is 0 Å². The molecule has 0 saturated carbocycles. The summed E-state index contributed by atoms with van der Waals surface area (Å²) in [4.78, 5) is 0. The average Bonchev–Trinajstić information content (AvgIpc) is 2.23. The van der Waals surface area contributed by atoms with Crippen molar-refractivity contribution in [2.75, 3.05) is 0 Å². The molecule has 0 atom stereocenters. The van der Waals surface area contributed by atoms with Gasteiger partial charge in [-0.25, -0.2) is 0 Å². The minimum atomic E-state index is -0.137. The Morgan fingerprint density at radius 3 is 2.44 bits per heavy atom. The monoisotopic (exact) mass is 468 g/mol. The van der Waals surface area contributed by atoms with Gasteiger partial charge in [0.2, 0.25) is 0 Å². The van der Waals surface area contributed by atoms with Crippen LogP contribution in [0.2, 0.25) is 0 Å². The van der Waals surface area contributed by atoms with E-state index >= 15 is 0 Å². The van der Waals surface area contributed by atoms with Crippen molar-refractivity contribution < 1.29 is 0 Å². The molecule has 1 aliphatic rings. The Morgan fingerprint density at radius 1 is 1.06 bits per heavy atom. The van der Waals surface area contributed by atoms with Gasteiger partial charge in [-0.2, -0.15) is 0 Å². The molecule has 0 spiro atoms. The standard InChI is InChI=1S/C12H8Br4/c13-10-4-2-1-3-8(10)9-7-12(15,16)6-5-11(9)14/h1-5,7H,6H2. The molecular formula is C12H8Br4. The molecule has 0 amide bonds. The van der Waals surface area contributed by atoms with Crippen LogP contribution in [0, 0.1) is 0 Å². The van der Waals surface area contributed by atoms with Gasteiger partial charge < -0.3 is 0 Å². The Bertz CT molecular complexity index is 472. The van der Waals surface area contributed by atoms with Crippen molar-refractivity contribution >= 4 is 69.3 Å². The van der Waals surface area contributed by atoms with Crippen molar-refractivity contribution in [2.24, 2.45) is 0 Å². The fraction of sp³-hybridized carbons (Fsp3) is 0.167. The number of hydrogen-bond acceptors (Lipinski definition) is 0. The minimum absolute atomic E-state index is 0.137. The van der Waals surface area contributed by atoms with Crippen molar-refractivity contribution in [1.29, 1.82) is 0 Å². The van der Waals surface area contributed by atoms with Crippen LogP contribution in [0.4, 0.5) is 0 Å². The summed E-state index contributed by atoms with van der Waals surface area (Å²) in [5.74, 6) is 0. The van der Waals surface area contributed by atoms with Crippen LogP contribution in [0.15, 0.2) is 45.4 Å². The van der Waals surface area contributed by atoms with Gasteiger partial charge in [-0.15, -0.1) is 0 Å². The Hall–Kier alpha value is 0.620. The molecule has 2 rings (SSSR count). The van der Waals surface area contributed by atoms with Gasteiger partial charge >= 0.3 is 0 Å². The molecule has 0 aliphatic heterocycles. The number of alkyl halides is 2. The van der Waals surface area contributed by atoms with Crippen LogP contribution in [0.5, 0.6) is 0 Å². The lowest BCUT2D eigenvalue weighted by Crippen LogP contribution is -2.10. The highest BCUT2D eigenvalue weighted by Gasteiger charge is 2.25. The highest BCUT2D eigenvalue weighted by molar-refractivity contribution is 9.25. The van der Waals surface area contributed by atoms with Crippen molar-refractivity contribution in [1.82, 2.24) is 0 Å². The van der Waals surface area contributed by atoms with E-state index in [-0.39, 0.29) is 3.23 Å². The smallest absolute Gasteiger partial charge is 0.0677 e. The van der Waals surface area contributed by atoms with E-state index in [1.54, 1.807) is 0 Å². The molecule has 4 heteroatoms. The quantitative estimate of drug-likeness (QED) is 0.441. The maximum absolute atomic E-state index is 3.64. The normalized spacial score (nSPS) is 19.0. The zero-order valence-electron chi connectivity index (χ0n) is 8.18. The molecule has 0 nitrogen and oxygen atoms in total. The van der Waals surface area contributed by atoms with Crippen LogP contribution in [-0.4, -0.2) is 3.23 Å². The summed E-state index contributed by atoms with van der Waals surface area (Å²) >= 11 is 14.5. The number of halogens is 4. The van der Waals surface area contributed by atoms with E-state index in [1.807, 2.05) is 12.1 Å². The maximum Gasteiger partial charge on any atom is 0.103 e. The topological polar surface area (TPSA) is 0 Å². The van der Waals surface area contributed by atoms with Gasteiger partial charge in [0, 0.05) is 8.96 Å². The largest absolute Gasteiger partial charge is 0.103 e. The number of rotatable bonds is 1. The van der Waals surface area contributed by atoms with Gasteiger partial charge in [0.1, 0.15) is 3.23 Å². The first kappa shape index (κ1) is 13.1. The Morgan fingerprint density at radius 2 is 1.75 bits per heavy atom. The van der Waals surface area contributed by atoms with Crippen molar-refractivity contribution in [2.45, 2.75) is 9.65 Å². The summed E-state index contributed by atoms with van der Waals surface area (Å²) < 4.78 is 2.10. The predicted octanol–water partition coefficient (Wildman–Crippen LogP) is 6.00. The molecule has 16 heavy (non-hydrogen) atoms. The second-order valence-corrected chi connectivity index (χ2v) is 9.16. The van der Waals surface area contributed by atoms with Gasteiger partial charge in [0.15, 0.2) is 0 Å². The van der Waals surface area contributed by atoms with Gasteiger partial charge in [-0.3, -0.25) is 0 Å². The molecular weight excluding hydrogens is 464 g/mol. The van der Waals surface area contributed by atoms with E-state index in [1.165, 1.54) is 11.1 Å². The second kappa shape index (κ2) is 5.09. The van der Waals surface area contributed by atoms with E-state index in [0.717, 1.165) is 15.4 Å². The summed E-state index contributed by atoms with van der Waals surface area (Å²) in [6.45, 7) is 0. The van der Waals surface area contributed by atoms with Gasteiger partial charge in [-0.05, 0) is 29.7 Å². The number of benzene rings is 1. The highest BCUT2D eigenvalue weighted by atomic mass is 79.9. The third kappa shape index (κ3) is 2.89. The van der Waals surface area contributed by atoms with Crippen LogP contribution in [0.25, 0.3) is 5.57 Å². The fourth-order valence-electron chi connectivity index (χ4n) is 1.56. The molecule has 0 unspecified atom stereocenters. The lowest BCUT2D eigenvalue weighted by molar-refractivity contribution is 1.03. The first-order valence-electron chi connectivity index (χ1n) is 4.71. The predicted molar refractivity (Wildman–Crippen MR) is 84.3 cm³/mol. The summed E-state index contributed by atoms with van der Waals surface area (Å²) in [6, 6.07) is 8.21. The lowest BCUT2D eigenvalue weighted by Gasteiger charge is -2.22. The molecule has 0 heterocycles. The Labute approximate surface area is 129 Å². The van der Waals surface area contributed by atoms with E-state index in [2.05, 4.69) is 88.0 Å². The molecule has 0 aromatic heterocycles. The van der Waals surface area contributed by atoms with Gasteiger partial charge in [-0.1, -0.05) is 88.0 Å². The Balaban J connectivity index is 2.51. The molecule has 1 aromatic rings. The van der Waals surface area contributed by atoms with Crippen LogP contribution in [0.1, 0.15) is 12.0 Å². The molecule has 0 N–H and O–H groups in total. The molecule has 0 bridgehead atoms. The third-order valence-corrected chi connectivity index (χ3v) is 4.88. The molecule has 1 aliphatic carbocycles. The number of hydrogen-bond donors (Lipinski definition) is 0. The van der Waals surface area contributed by atoms with E-state index in [9.17, 15) is 0 Å². The van der Waals surface area contributed by atoms with Crippen LogP contribution in [0.3, 0.4) is 0 Å². The lowest BCUT2D eigenvalue weighted by atomic mass is 9.99. The second-order valence-electron chi connectivity index (χ2n) is 3.56. The van der Waals surface area contributed by atoms with E-state index in [0.29, 0.717) is 0 Å². The van der Waals surface area contributed by atoms with Crippen LogP contribution in [-0.2, 0) is 0 Å². The SMILES string of the molecule is BrC1=CCC(Br)(Br)C=C1c1ccccc1Br. The van der Waals surface area contributed by atoms with Gasteiger partial charge in [0.05, 0.1) is 0 Å². The first-order chi connectivity index (χ1) is 7.49. The third-order valence-electron chi connectivity index (χ3n) is 2.33. The highest BCUT2D eigenvalue weighted by Crippen LogP contribution is 2.44. The molecule has 0 radical (unpaired) electrons. The zero-order chi connectivity index (χ0) is 11.8. The average molecular weight is 472 g/mol. The van der Waals surface area contributed by atoms with Crippen molar-refractivity contribution in [3.63, 3.8) is 0 Å². The van der Waals surface area contributed by atoms with E-state index in [4.69, 9.17) is 0 Å². The summed E-state index contributed by atoms with van der Waals surface area (Å²) in [5, 5.41) is 0. The first-order valence-corrected chi connectivity index (χ1v) is 7.88. The van der Waals surface area contributed by atoms with Crippen molar-refractivity contribution in [3.05, 3.63) is 50.9 Å². The molecule has 0 fully saturated rings. The summed E-state index contributed by atoms with van der Waals surface area (Å²) in [7, 11) is 0. The summed E-state index contributed by atoms with van der Waals surface area (Å²) in [6.07, 6.45) is 5.26. The van der Waals surface area contributed by atoms with E-state index < -0.39 is 0 Å². The van der Waals surface area contributed by atoms with Crippen molar-refractivity contribution in [3.8, 4) is 0 Å². The summed E-state index contributed by atoms with van der Waals surface area (Å²) in [5.41, 5.74) is 2.38. The zero-order valence-corrected chi connectivity index (χ0v) is 14.5. The number of allylic oxidation sites excluding steroid dienone is 4. The van der Waals surface area contributed by atoms with Gasteiger partial charge in [0.25, 0.3) is 0 Å². The maximum atomic E-state index is 3.64. The molecule has 84 valence electrons. The van der Waals surface area contributed by atoms with Crippen LogP contribution >= 0.6 is 63.7 Å².